The molecular weight excluding hydrogens is 238 g/mol. The first-order valence-corrected chi connectivity index (χ1v) is 5.75. The van der Waals surface area contributed by atoms with Crippen LogP contribution in [0, 0.1) is 0 Å². The number of amides is 1. The number of carbonyl (C=O) groups excluding carboxylic acids is 1. The number of ether oxygens (including phenoxy) is 2. The molecule has 0 radical (unpaired) electrons. The summed E-state index contributed by atoms with van der Waals surface area (Å²) in [4.78, 5) is 13.9. The highest BCUT2D eigenvalue weighted by atomic mass is 16.5. The number of hydrogen-bond acceptors (Lipinski definition) is 5. The van der Waals surface area contributed by atoms with E-state index < -0.39 is 0 Å². The highest BCUT2D eigenvalue weighted by Crippen LogP contribution is 2.16. The number of morpholine rings is 1. The first-order chi connectivity index (χ1) is 8.67. The zero-order valence-electron chi connectivity index (χ0n) is 10.5. The van der Waals surface area contributed by atoms with Crippen LogP contribution < -0.4 is 4.74 Å². The highest BCUT2D eigenvalue weighted by molar-refractivity contribution is 5.93. The topological polar surface area (TPSA) is 76.8 Å². The van der Waals surface area contributed by atoms with Crippen molar-refractivity contribution in [1.29, 1.82) is 0 Å². The van der Waals surface area contributed by atoms with Gasteiger partial charge < -0.3 is 19.5 Å². The van der Waals surface area contributed by atoms with Crippen molar-refractivity contribution in [1.82, 2.24) is 14.7 Å². The molecule has 18 heavy (non-hydrogen) atoms. The number of aliphatic hydroxyl groups excluding tert-OH is 1. The Kier molecular flexibility index (Phi) is 3.83. The molecule has 100 valence electrons. The summed E-state index contributed by atoms with van der Waals surface area (Å²) in [5, 5.41) is 13.3. The molecule has 2 rings (SSSR count). The van der Waals surface area contributed by atoms with Gasteiger partial charge >= 0.3 is 0 Å². The van der Waals surface area contributed by atoms with E-state index in [0.29, 0.717) is 31.3 Å². The SMILES string of the molecule is COc1cc(C(=O)N2CCOCC2CO)nn1C. The van der Waals surface area contributed by atoms with E-state index in [-0.39, 0.29) is 18.6 Å². The first-order valence-electron chi connectivity index (χ1n) is 5.75. The number of aliphatic hydroxyl groups is 1. The normalized spacial score (nSPS) is 19.9. The molecule has 1 saturated heterocycles. The first kappa shape index (κ1) is 12.8. The lowest BCUT2D eigenvalue weighted by atomic mass is 10.2. The van der Waals surface area contributed by atoms with Crippen molar-refractivity contribution in [3.63, 3.8) is 0 Å². The van der Waals surface area contributed by atoms with Crippen LogP contribution in [0.2, 0.25) is 0 Å². The van der Waals surface area contributed by atoms with Gasteiger partial charge in [0.1, 0.15) is 0 Å². The summed E-state index contributed by atoms with van der Waals surface area (Å²) in [6, 6.07) is 1.28. The maximum Gasteiger partial charge on any atom is 0.274 e. The number of hydrogen-bond donors (Lipinski definition) is 1. The van der Waals surface area contributed by atoms with E-state index in [1.54, 1.807) is 18.0 Å². The van der Waals surface area contributed by atoms with Gasteiger partial charge in [0, 0.05) is 19.7 Å². The van der Waals surface area contributed by atoms with Crippen molar-refractivity contribution in [3.8, 4) is 5.88 Å². The van der Waals surface area contributed by atoms with Crippen molar-refractivity contribution >= 4 is 5.91 Å². The van der Waals surface area contributed by atoms with Gasteiger partial charge in [0.15, 0.2) is 5.69 Å². The minimum Gasteiger partial charge on any atom is -0.481 e. The molecule has 1 amide bonds. The van der Waals surface area contributed by atoms with Gasteiger partial charge in [0.2, 0.25) is 5.88 Å². The van der Waals surface area contributed by atoms with Crippen LogP contribution in [-0.4, -0.2) is 65.2 Å². The average molecular weight is 255 g/mol. The minimum atomic E-state index is -0.306. The van der Waals surface area contributed by atoms with Crippen LogP contribution in [0.4, 0.5) is 0 Å². The summed E-state index contributed by atoms with van der Waals surface area (Å²) in [6.07, 6.45) is 0. The lowest BCUT2D eigenvalue weighted by Crippen LogP contribution is -2.50. The van der Waals surface area contributed by atoms with Gasteiger partial charge in [0.05, 0.1) is 33.0 Å². The smallest absolute Gasteiger partial charge is 0.274 e. The van der Waals surface area contributed by atoms with Crippen LogP contribution in [-0.2, 0) is 11.8 Å². The zero-order valence-corrected chi connectivity index (χ0v) is 10.5. The molecule has 2 heterocycles. The Morgan fingerprint density at radius 1 is 1.72 bits per heavy atom. The van der Waals surface area contributed by atoms with Gasteiger partial charge in [-0.15, -0.1) is 0 Å². The van der Waals surface area contributed by atoms with Crippen LogP contribution in [0.3, 0.4) is 0 Å². The molecule has 7 heteroatoms. The van der Waals surface area contributed by atoms with E-state index in [2.05, 4.69) is 5.10 Å². The molecule has 0 aromatic carbocycles. The quantitative estimate of drug-likeness (QED) is 0.770. The molecule has 1 N–H and O–H groups in total. The molecule has 1 aromatic heterocycles. The predicted octanol–water partition coefficient (Wildman–Crippen LogP) is -0.738. The highest BCUT2D eigenvalue weighted by Gasteiger charge is 2.29. The molecule has 0 bridgehead atoms. The third-order valence-electron chi connectivity index (χ3n) is 2.96. The molecule has 1 aromatic rings. The Hall–Kier alpha value is -1.60. The van der Waals surface area contributed by atoms with E-state index in [4.69, 9.17) is 9.47 Å². The second-order valence-electron chi connectivity index (χ2n) is 4.11. The number of rotatable bonds is 3. The third kappa shape index (κ3) is 2.32. The Labute approximate surface area is 105 Å². The van der Waals surface area contributed by atoms with Gasteiger partial charge in [-0.3, -0.25) is 4.79 Å². The molecule has 1 atom stereocenters. The fraction of sp³-hybridized carbons (Fsp3) is 0.636. The van der Waals surface area contributed by atoms with E-state index in [9.17, 15) is 9.90 Å². The second-order valence-corrected chi connectivity index (χ2v) is 4.11. The van der Waals surface area contributed by atoms with E-state index >= 15 is 0 Å². The summed E-state index contributed by atoms with van der Waals surface area (Å²) < 4.78 is 11.8. The third-order valence-corrected chi connectivity index (χ3v) is 2.96. The predicted molar refractivity (Wildman–Crippen MR) is 62.5 cm³/mol. The maximum atomic E-state index is 12.3. The number of aromatic nitrogens is 2. The van der Waals surface area contributed by atoms with Crippen molar-refractivity contribution < 1.29 is 19.4 Å². The van der Waals surface area contributed by atoms with Crippen LogP contribution >= 0.6 is 0 Å². The molecule has 0 aliphatic carbocycles. The maximum absolute atomic E-state index is 12.3. The molecule has 1 unspecified atom stereocenters. The minimum absolute atomic E-state index is 0.115. The zero-order chi connectivity index (χ0) is 13.1. The summed E-state index contributed by atoms with van der Waals surface area (Å²) in [5.41, 5.74) is 0.315. The van der Waals surface area contributed by atoms with Crippen molar-refractivity contribution in [2.75, 3.05) is 33.5 Å². The van der Waals surface area contributed by atoms with Crippen LogP contribution in [0.1, 0.15) is 10.5 Å². The molecule has 7 nitrogen and oxygen atoms in total. The molecular formula is C11H17N3O4. The van der Waals surface area contributed by atoms with E-state index in [1.165, 1.54) is 11.8 Å². The van der Waals surface area contributed by atoms with Gasteiger partial charge in [-0.25, -0.2) is 4.68 Å². The lowest BCUT2D eigenvalue weighted by Gasteiger charge is -2.33. The fourth-order valence-electron chi connectivity index (χ4n) is 1.97. The molecule has 0 saturated carbocycles. The molecule has 1 aliphatic rings. The summed E-state index contributed by atoms with van der Waals surface area (Å²) in [6.45, 7) is 1.18. The Bertz CT molecular complexity index is 432. The Morgan fingerprint density at radius 2 is 2.50 bits per heavy atom. The van der Waals surface area contributed by atoms with E-state index in [1.807, 2.05) is 0 Å². The van der Waals surface area contributed by atoms with Gasteiger partial charge in [0.25, 0.3) is 5.91 Å². The van der Waals surface area contributed by atoms with E-state index in [0.717, 1.165) is 0 Å². The number of aryl methyl sites for hydroxylation is 1. The largest absolute Gasteiger partial charge is 0.481 e. The second kappa shape index (κ2) is 5.36. The summed E-state index contributed by atoms with van der Waals surface area (Å²) >= 11 is 0. The lowest BCUT2D eigenvalue weighted by molar-refractivity contribution is -0.0186. The number of methoxy groups -OCH3 is 1. The Balaban J connectivity index is 2.18. The summed E-state index contributed by atoms with van der Waals surface area (Å²) in [5.74, 6) is 0.309. The van der Waals surface area contributed by atoms with Crippen LogP contribution in [0.15, 0.2) is 6.07 Å². The monoisotopic (exact) mass is 255 g/mol. The molecule has 1 fully saturated rings. The summed E-state index contributed by atoms with van der Waals surface area (Å²) in [7, 11) is 3.23. The van der Waals surface area contributed by atoms with Gasteiger partial charge in [-0.1, -0.05) is 0 Å². The van der Waals surface area contributed by atoms with Crippen molar-refractivity contribution in [2.45, 2.75) is 6.04 Å². The van der Waals surface area contributed by atoms with Gasteiger partial charge in [-0.2, -0.15) is 5.10 Å². The molecule has 0 spiro atoms. The number of nitrogens with zero attached hydrogens (tertiary/aromatic N) is 3. The van der Waals surface area contributed by atoms with Crippen molar-refractivity contribution in [3.05, 3.63) is 11.8 Å². The standard InChI is InChI=1S/C11H17N3O4/c1-13-10(17-2)5-9(12-13)11(16)14-3-4-18-7-8(14)6-15/h5,8,15H,3-4,6-7H2,1-2H3. The Morgan fingerprint density at radius 3 is 3.11 bits per heavy atom. The number of carbonyl (C=O) groups is 1. The van der Waals surface area contributed by atoms with Gasteiger partial charge in [-0.05, 0) is 0 Å². The average Bonchev–Trinajstić information content (AvgIpc) is 2.79. The van der Waals surface area contributed by atoms with Crippen molar-refractivity contribution in [2.24, 2.45) is 7.05 Å². The fourth-order valence-corrected chi connectivity index (χ4v) is 1.97. The van der Waals surface area contributed by atoms with Crippen LogP contribution in [0.5, 0.6) is 5.88 Å². The van der Waals surface area contributed by atoms with Crippen LogP contribution in [0.25, 0.3) is 0 Å². The molecule has 1 aliphatic heterocycles.